The second kappa shape index (κ2) is 3.60. The zero-order valence-electron chi connectivity index (χ0n) is 10.5. The fourth-order valence-corrected chi connectivity index (χ4v) is 2.05. The van der Waals surface area contributed by atoms with Crippen LogP contribution < -0.4 is 5.56 Å². The average Bonchev–Trinajstić information content (AvgIpc) is 2.88. The molecule has 2 aromatic heterocycles. The lowest BCUT2D eigenvalue weighted by molar-refractivity contribution is 0.790. The van der Waals surface area contributed by atoms with Crippen LogP contribution in [0.4, 0.5) is 0 Å². The second-order valence-electron chi connectivity index (χ2n) is 4.53. The lowest BCUT2D eigenvalue weighted by Crippen LogP contribution is -2.17. The van der Waals surface area contributed by atoms with Gasteiger partial charge in [-0.25, -0.2) is 4.98 Å². The molecule has 0 aliphatic carbocycles. The van der Waals surface area contributed by atoms with Crippen molar-refractivity contribution in [3.05, 3.63) is 45.4 Å². The maximum Gasteiger partial charge on any atom is 0.276 e. The van der Waals surface area contributed by atoms with E-state index >= 15 is 0 Å². The molecule has 0 saturated heterocycles. The summed E-state index contributed by atoms with van der Waals surface area (Å²) in [6.07, 6.45) is 0. The monoisotopic (exact) mass is 242 g/mol. The first-order valence-corrected chi connectivity index (χ1v) is 5.82. The average molecular weight is 242 g/mol. The predicted molar refractivity (Wildman–Crippen MR) is 70.3 cm³/mol. The van der Waals surface area contributed by atoms with Gasteiger partial charge in [-0.3, -0.25) is 9.89 Å². The number of hydrogen-bond acceptors (Lipinski definition) is 2. The number of hydrogen-bond donors (Lipinski definition) is 2. The van der Waals surface area contributed by atoms with E-state index in [0.717, 1.165) is 22.3 Å². The van der Waals surface area contributed by atoms with Gasteiger partial charge in [-0.05, 0) is 32.4 Å². The SMILES string of the molecule is Cc1[nH]n(-c2nc3c(C)cccc3[nH]2)c(=O)c1C. The third kappa shape index (κ3) is 1.40. The normalized spacial score (nSPS) is 11.3. The molecule has 0 fully saturated rings. The summed E-state index contributed by atoms with van der Waals surface area (Å²) in [5.41, 5.74) is 4.42. The predicted octanol–water partition coefficient (Wildman–Crippen LogP) is 1.97. The highest BCUT2D eigenvalue weighted by atomic mass is 16.1. The molecule has 0 aliphatic heterocycles. The number of nitrogens with zero attached hydrogens (tertiary/aromatic N) is 2. The molecular formula is C13H14N4O. The van der Waals surface area contributed by atoms with Crippen molar-refractivity contribution in [2.45, 2.75) is 20.8 Å². The van der Waals surface area contributed by atoms with Gasteiger partial charge < -0.3 is 4.98 Å². The van der Waals surface area contributed by atoms with E-state index in [2.05, 4.69) is 15.1 Å². The van der Waals surface area contributed by atoms with E-state index in [1.807, 2.05) is 32.0 Å². The minimum atomic E-state index is -0.0655. The van der Waals surface area contributed by atoms with Gasteiger partial charge in [0.15, 0.2) is 0 Å². The van der Waals surface area contributed by atoms with E-state index in [0.29, 0.717) is 11.5 Å². The van der Waals surface area contributed by atoms with E-state index in [4.69, 9.17) is 0 Å². The van der Waals surface area contributed by atoms with Crippen molar-refractivity contribution in [1.29, 1.82) is 0 Å². The van der Waals surface area contributed by atoms with Crippen molar-refractivity contribution < 1.29 is 0 Å². The van der Waals surface area contributed by atoms with Crippen LogP contribution in [0.2, 0.25) is 0 Å². The Morgan fingerprint density at radius 3 is 2.61 bits per heavy atom. The standard InChI is InChI=1S/C13H14N4O/c1-7-5-4-6-10-11(7)15-13(14-10)17-12(18)8(2)9(3)16-17/h4-6,16H,1-3H3,(H,14,15). The number of benzene rings is 1. The fraction of sp³-hybridized carbons (Fsp3) is 0.231. The van der Waals surface area contributed by atoms with E-state index in [1.54, 1.807) is 6.92 Å². The van der Waals surface area contributed by atoms with Gasteiger partial charge in [-0.15, -0.1) is 0 Å². The number of nitrogens with one attached hydrogen (secondary N) is 2. The Balaban J connectivity index is 2.29. The van der Waals surface area contributed by atoms with Crippen LogP contribution in [-0.4, -0.2) is 19.7 Å². The molecule has 1 aromatic carbocycles. The molecule has 5 nitrogen and oxygen atoms in total. The van der Waals surface area contributed by atoms with Crippen LogP contribution in [0.5, 0.6) is 0 Å². The first kappa shape index (κ1) is 10.8. The van der Waals surface area contributed by atoms with Crippen molar-refractivity contribution in [3.63, 3.8) is 0 Å². The highest BCUT2D eigenvalue weighted by Crippen LogP contribution is 2.16. The van der Waals surface area contributed by atoms with Crippen molar-refractivity contribution >= 4 is 11.0 Å². The highest BCUT2D eigenvalue weighted by Gasteiger charge is 2.12. The van der Waals surface area contributed by atoms with Crippen LogP contribution in [0.3, 0.4) is 0 Å². The first-order chi connectivity index (χ1) is 8.58. The topological polar surface area (TPSA) is 66.5 Å². The smallest absolute Gasteiger partial charge is 0.276 e. The van der Waals surface area contributed by atoms with E-state index < -0.39 is 0 Å². The molecule has 5 heteroatoms. The molecule has 2 N–H and O–H groups in total. The van der Waals surface area contributed by atoms with Gasteiger partial charge in [0.05, 0.1) is 11.0 Å². The lowest BCUT2D eigenvalue weighted by Gasteiger charge is -1.93. The highest BCUT2D eigenvalue weighted by molar-refractivity contribution is 5.79. The van der Waals surface area contributed by atoms with Crippen molar-refractivity contribution in [1.82, 2.24) is 19.7 Å². The zero-order chi connectivity index (χ0) is 12.9. The molecule has 0 aliphatic rings. The van der Waals surface area contributed by atoms with E-state index in [1.165, 1.54) is 4.68 Å². The lowest BCUT2D eigenvalue weighted by atomic mass is 10.2. The molecule has 0 bridgehead atoms. The molecule has 0 atom stereocenters. The van der Waals surface area contributed by atoms with Gasteiger partial charge in [-0.2, -0.15) is 4.68 Å². The maximum atomic E-state index is 12.0. The molecule has 0 amide bonds. The Labute approximate surface area is 103 Å². The van der Waals surface area contributed by atoms with Gasteiger partial charge >= 0.3 is 0 Å². The first-order valence-electron chi connectivity index (χ1n) is 5.82. The molecule has 92 valence electrons. The fourth-order valence-electron chi connectivity index (χ4n) is 2.05. The van der Waals surface area contributed by atoms with Crippen molar-refractivity contribution in [2.24, 2.45) is 0 Å². The number of rotatable bonds is 1. The van der Waals surface area contributed by atoms with E-state index in [-0.39, 0.29) is 5.56 Å². The number of aromatic nitrogens is 4. The Bertz CT molecular complexity index is 791. The number of aromatic amines is 2. The van der Waals surface area contributed by atoms with Gasteiger partial charge in [0.2, 0.25) is 5.95 Å². The third-order valence-corrected chi connectivity index (χ3v) is 3.28. The Morgan fingerprint density at radius 2 is 2.00 bits per heavy atom. The molecule has 0 radical (unpaired) electrons. The Kier molecular flexibility index (Phi) is 2.16. The molecule has 2 heterocycles. The quantitative estimate of drug-likeness (QED) is 0.685. The van der Waals surface area contributed by atoms with Crippen LogP contribution in [0.15, 0.2) is 23.0 Å². The largest absolute Gasteiger partial charge is 0.322 e. The molecule has 0 saturated carbocycles. The zero-order valence-corrected chi connectivity index (χ0v) is 10.5. The van der Waals surface area contributed by atoms with Gasteiger partial charge in [0.1, 0.15) is 0 Å². The Hall–Kier alpha value is -2.30. The summed E-state index contributed by atoms with van der Waals surface area (Å²) in [4.78, 5) is 19.7. The van der Waals surface area contributed by atoms with Crippen molar-refractivity contribution in [3.8, 4) is 5.95 Å². The van der Waals surface area contributed by atoms with Gasteiger partial charge in [0, 0.05) is 11.3 Å². The number of fused-ring (bicyclic) bond motifs is 1. The summed E-state index contributed by atoms with van der Waals surface area (Å²) in [5, 5.41) is 3.02. The Morgan fingerprint density at radius 1 is 1.22 bits per heavy atom. The number of aryl methyl sites for hydroxylation is 2. The third-order valence-electron chi connectivity index (χ3n) is 3.28. The van der Waals surface area contributed by atoms with Gasteiger partial charge in [-0.1, -0.05) is 12.1 Å². The summed E-state index contributed by atoms with van der Waals surface area (Å²) in [6.45, 7) is 5.68. The van der Waals surface area contributed by atoms with Crippen LogP contribution in [-0.2, 0) is 0 Å². The van der Waals surface area contributed by atoms with Crippen molar-refractivity contribution in [2.75, 3.05) is 0 Å². The number of para-hydroxylation sites is 1. The molecule has 3 aromatic rings. The molecule has 0 spiro atoms. The van der Waals surface area contributed by atoms with Crippen LogP contribution in [0.25, 0.3) is 17.0 Å². The van der Waals surface area contributed by atoms with Crippen LogP contribution in [0, 0.1) is 20.8 Å². The minimum Gasteiger partial charge on any atom is -0.322 e. The maximum absolute atomic E-state index is 12.0. The number of imidazole rings is 1. The van der Waals surface area contributed by atoms with Crippen LogP contribution in [0.1, 0.15) is 16.8 Å². The summed E-state index contributed by atoms with van der Waals surface area (Å²) in [6, 6.07) is 5.92. The number of H-pyrrole nitrogens is 2. The summed E-state index contributed by atoms with van der Waals surface area (Å²) in [5.74, 6) is 0.528. The van der Waals surface area contributed by atoms with Crippen LogP contribution >= 0.6 is 0 Å². The van der Waals surface area contributed by atoms with E-state index in [9.17, 15) is 4.79 Å². The summed E-state index contributed by atoms with van der Waals surface area (Å²) >= 11 is 0. The second-order valence-corrected chi connectivity index (χ2v) is 4.53. The molecule has 3 rings (SSSR count). The summed E-state index contributed by atoms with van der Waals surface area (Å²) < 4.78 is 1.45. The summed E-state index contributed by atoms with van der Waals surface area (Å²) in [7, 11) is 0. The minimum absolute atomic E-state index is 0.0655. The molecule has 0 unspecified atom stereocenters. The van der Waals surface area contributed by atoms with Gasteiger partial charge in [0.25, 0.3) is 5.56 Å². The molecule has 18 heavy (non-hydrogen) atoms. The molecular weight excluding hydrogens is 228 g/mol.